The summed E-state index contributed by atoms with van der Waals surface area (Å²) in [5, 5.41) is 9.55. The molecule has 10 aromatic carbocycles. The van der Waals surface area contributed by atoms with Gasteiger partial charge in [0, 0.05) is 39.6 Å². The van der Waals surface area contributed by atoms with Gasteiger partial charge in [-0.25, -0.2) is 0 Å². The molecule has 0 N–H and O–H groups in total. The molecule has 0 aliphatic carbocycles. The van der Waals surface area contributed by atoms with Gasteiger partial charge in [0.2, 0.25) is 0 Å². The zero-order valence-electron chi connectivity index (χ0n) is 31.3. The number of hydrogen-bond donors (Lipinski definition) is 0. The maximum absolute atomic E-state index is 6.87. The predicted octanol–water partition coefficient (Wildman–Crippen LogP) is 15.4. The molecule has 0 saturated heterocycles. The molecule has 11 aromatic rings. The molecular formula is C55H37NO. The van der Waals surface area contributed by atoms with E-state index >= 15 is 0 Å². The second kappa shape index (κ2) is 13.7. The van der Waals surface area contributed by atoms with Crippen molar-refractivity contribution in [1.29, 1.82) is 0 Å². The van der Waals surface area contributed by atoms with Crippen molar-refractivity contribution < 1.29 is 4.42 Å². The fourth-order valence-electron chi connectivity index (χ4n) is 8.80. The summed E-state index contributed by atoms with van der Waals surface area (Å²) in [5.41, 5.74) is 12.4. The van der Waals surface area contributed by atoms with Crippen LogP contribution in [0.2, 0.25) is 0 Å². The van der Waals surface area contributed by atoms with Gasteiger partial charge in [0.05, 0.1) is 0 Å². The lowest BCUT2D eigenvalue weighted by Crippen LogP contribution is -2.17. The largest absolute Gasteiger partial charge is 0.455 e. The first-order valence-corrected chi connectivity index (χ1v) is 19.6. The minimum Gasteiger partial charge on any atom is -0.455 e. The molecule has 0 atom stereocenters. The van der Waals surface area contributed by atoms with Crippen molar-refractivity contribution in [2.75, 3.05) is 4.90 Å². The van der Waals surface area contributed by atoms with E-state index in [1.807, 2.05) is 0 Å². The van der Waals surface area contributed by atoms with E-state index in [0.29, 0.717) is 6.54 Å². The van der Waals surface area contributed by atoms with E-state index in [2.05, 4.69) is 217 Å². The summed E-state index contributed by atoms with van der Waals surface area (Å²) in [4.78, 5) is 2.47. The van der Waals surface area contributed by atoms with Gasteiger partial charge in [-0.05, 0) is 90.6 Å². The Morgan fingerprint density at radius 1 is 0.316 bits per heavy atom. The van der Waals surface area contributed by atoms with Gasteiger partial charge in [0.25, 0.3) is 0 Å². The average Bonchev–Trinajstić information content (AvgIpc) is 3.68. The normalized spacial score (nSPS) is 11.6. The highest BCUT2D eigenvalue weighted by Gasteiger charge is 2.20. The molecule has 11 rings (SSSR count). The van der Waals surface area contributed by atoms with Gasteiger partial charge in [0.15, 0.2) is 0 Å². The van der Waals surface area contributed by atoms with Crippen molar-refractivity contribution in [3.05, 3.63) is 218 Å². The monoisotopic (exact) mass is 727 g/mol. The lowest BCUT2D eigenvalue weighted by Gasteiger charge is -2.28. The third kappa shape index (κ3) is 5.73. The van der Waals surface area contributed by atoms with Crippen molar-refractivity contribution in [3.63, 3.8) is 0 Å². The van der Waals surface area contributed by atoms with Crippen LogP contribution in [0.1, 0.15) is 5.56 Å². The molecule has 0 bridgehead atoms. The Labute approximate surface area is 331 Å². The number of nitrogens with zero attached hydrogens (tertiary/aromatic N) is 1. The summed E-state index contributed by atoms with van der Waals surface area (Å²) < 4.78 is 6.87. The Balaban J connectivity index is 1.08. The smallest absolute Gasteiger partial charge is 0.143 e. The molecular weight excluding hydrogens is 691 g/mol. The van der Waals surface area contributed by atoms with Crippen molar-refractivity contribution in [2.24, 2.45) is 0 Å². The van der Waals surface area contributed by atoms with Crippen LogP contribution in [0.4, 0.5) is 11.4 Å². The van der Waals surface area contributed by atoms with Crippen LogP contribution in [0.25, 0.3) is 87.6 Å². The third-order valence-electron chi connectivity index (χ3n) is 11.5. The number of rotatable bonds is 7. The molecule has 1 aromatic heterocycles. The summed E-state index contributed by atoms with van der Waals surface area (Å²) in [7, 11) is 0. The minimum atomic E-state index is 0.647. The van der Waals surface area contributed by atoms with Gasteiger partial charge >= 0.3 is 0 Å². The van der Waals surface area contributed by atoms with E-state index in [1.54, 1.807) is 0 Å². The summed E-state index contributed by atoms with van der Waals surface area (Å²) in [6.07, 6.45) is 0. The van der Waals surface area contributed by atoms with Crippen LogP contribution in [0, 0.1) is 0 Å². The van der Waals surface area contributed by atoms with Gasteiger partial charge < -0.3 is 9.32 Å². The first-order valence-electron chi connectivity index (χ1n) is 19.6. The van der Waals surface area contributed by atoms with Gasteiger partial charge in [-0.1, -0.05) is 182 Å². The lowest BCUT2D eigenvalue weighted by molar-refractivity contribution is 0.673. The van der Waals surface area contributed by atoms with Crippen LogP contribution in [0.15, 0.2) is 217 Å². The highest BCUT2D eigenvalue weighted by atomic mass is 16.3. The Morgan fingerprint density at radius 3 is 1.44 bits per heavy atom. The van der Waals surface area contributed by atoms with Crippen molar-refractivity contribution in [3.8, 4) is 33.4 Å². The highest BCUT2D eigenvalue weighted by Crippen LogP contribution is 2.42. The van der Waals surface area contributed by atoms with Gasteiger partial charge in [0.1, 0.15) is 11.2 Å². The standard InChI is InChI=1S/C55H37NO/c1-5-24-45-37(14-1)18-11-28-47(45)40-20-9-22-43(34-40)56(44-23-10-21-41(35-44)48-29-12-19-38-15-2-6-25-46(38)48)36-42-17-4-7-26-49(42)51-30-13-31-52-53-33-32-39-16-3-8-27-50(39)54(53)57-55(51)52/h1-35H,36H2. The maximum atomic E-state index is 6.87. The zero-order chi connectivity index (χ0) is 37.7. The fraction of sp³-hybridized carbons (Fsp3) is 0.0182. The van der Waals surface area contributed by atoms with Crippen LogP contribution >= 0.6 is 0 Å². The van der Waals surface area contributed by atoms with E-state index in [-0.39, 0.29) is 0 Å². The molecule has 0 saturated carbocycles. The number of para-hydroxylation sites is 1. The molecule has 2 nitrogen and oxygen atoms in total. The number of furan rings is 1. The fourth-order valence-corrected chi connectivity index (χ4v) is 8.80. The Bertz CT molecular complexity index is 3170. The zero-order valence-corrected chi connectivity index (χ0v) is 31.3. The molecule has 0 radical (unpaired) electrons. The second-order valence-corrected chi connectivity index (χ2v) is 14.8. The first-order chi connectivity index (χ1) is 28.3. The molecule has 0 fully saturated rings. The molecule has 0 unspecified atom stereocenters. The molecule has 0 aliphatic heterocycles. The van der Waals surface area contributed by atoms with E-state index in [4.69, 9.17) is 4.42 Å². The van der Waals surface area contributed by atoms with Crippen molar-refractivity contribution in [2.45, 2.75) is 6.54 Å². The van der Waals surface area contributed by atoms with E-state index < -0.39 is 0 Å². The molecule has 0 spiro atoms. The van der Waals surface area contributed by atoms with Crippen molar-refractivity contribution in [1.82, 2.24) is 0 Å². The molecule has 57 heavy (non-hydrogen) atoms. The molecule has 0 aliphatic rings. The van der Waals surface area contributed by atoms with E-state index in [1.165, 1.54) is 54.7 Å². The van der Waals surface area contributed by atoms with Crippen LogP contribution < -0.4 is 4.90 Å². The predicted molar refractivity (Wildman–Crippen MR) is 241 cm³/mol. The Kier molecular flexibility index (Phi) is 7.93. The Hall–Kier alpha value is -7.42. The summed E-state index contributed by atoms with van der Waals surface area (Å²) in [5.74, 6) is 0. The summed E-state index contributed by atoms with van der Waals surface area (Å²) in [6.45, 7) is 0.647. The third-order valence-corrected chi connectivity index (χ3v) is 11.5. The SMILES string of the molecule is c1cc(-c2cccc3ccccc23)cc(N(Cc2ccccc2-c2cccc3c2oc2c4ccccc4ccc32)c2cccc(-c3cccc4ccccc34)c2)c1. The maximum Gasteiger partial charge on any atom is 0.143 e. The van der Waals surface area contributed by atoms with E-state index in [9.17, 15) is 0 Å². The lowest BCUT2D eigenvalue weighted by atomic mass is 9.95. The van der Waals surface area contributed by atoms with Gasteiger partial charge in [-0.15, -0.1) is 0 Å². The number of benzene rings is 10. The van der Waals surface area contributed by atoms with Crippen LogP contribution in [-0.2, 0) is 6.54 Å². The summed E-state index contributed by atoms with van der Waals surface area (Å²) >= 11 is 0. The van der Waals surface area contributed by atoms with Crippen LogP contribution in [-0.4, -0.2) is 0 Å². The number of anilines is 2. The highest BCUT2D eigenvalue weighted by molar-refractivity contribution is 6.17. The minimum absolute atomic E-state index is 0.647. The van der Waals surface area contributed by atoms with Crippen LogP contribution in [0.5, 0.6) is 0 Å². The topological polar surface area (TPSA) is 16.4 Å². The second-order valence-electron chi connectivity index (χ2n) is 14.8. The summed E-state index contributed by atoms with van der Waals surface area (Å²) in [6, 6.07) is 76.7. The molecule has 0 amide bonds. The first kappa shape index (κ1) is 33.0. The molecule has 1 heterocycles. The van der Waals surface area contributed by atoms with Crippen molar-refractivity contribution >= 4 is 65.6 Å². The van der Waals surface area contributed by atoms with Crippen LogP contribution in [0.3, 0.4) is 0 Å². The number of hydrogen-bond acceptors (Lipinski definition) is 2. The quantitative estimate of drug-likeness (QED) is 0.163. The molecule has 2 heteroatoms. The number of fused-ring (bicyclic) bond motifs is 7. The van der Waals surface area contributed by atoms with Gasteiger partial charge in [-0.2, -0.15) is 0 Å². The average molecular weight is 728 g/mol. The van der Waals surface area contributed by atoms with Gasteiger partial charge in [-0.3, -0.25) is 0 Å². The van der Waals surface area contributed by atoms with E-state index in [0.717, 1.165) is 49.8 Å². The molecule has 268 valence electrons. The Morgan fingerprint density at radius 2 is 0.772 bits per heavy atom.